The Morgan fingerprint density at radius 3 is 2.52 bits per heavy atom. The third-order valence-corrected chi connectivity index (χ3v) is 4.55. The van der Waals surface area contributed by atoms with Gasteiger partial charge in [0.15, 0.2) is 0 Å². The quantitative estimate of drug-likeness (QED) is 0.352. The number of carbonyl (C=O) groups is 2. The molecule has 0 unspecified atom stereocenters. The Kier molecular flexibility index (Phi) is 6.28. The average molecular weight is 376 g/mol. The van der Waals surface area contributed by atoms with Gasteiger partial charge in [-0.2, -0.15) is 5.26 Å². The highest BCUT2D eigenvalue weighted by molar-refractivity contribution is 5.89. The molecule has 0 saturated heterocycles. The predicted octanol–water partition coefficient (Wildman–Crippen LogP) is 1.28. The maximum absolute atomic E-state index is 12.4. The molecular weight excluding hydrogens is 356 g/mol. The standard InChI is InChI=1S/C17H20N4O6/c1-27-16(24)13-8-12(21(25)26)9-20(15(13)23)10-14(22)19-17(11-18)6-4-2-3-5-7-17/h8-9H,2-7,10H2,1H3,(H,19,22). The second-order valence-corrected chi connectivity index (χ2v) is 6.45. The molecule has 0 radical (unpaired) electrons. The first-order valence-electron chi connectivity index (χ1n) is 8.51. The number of nitrogens with one attached hydrogen (secondary N) is 1. The van der Waals surface area contributed by atoms with Crippen LogP contribution in [0.1, 0.15) is 48.9 Å². The summed E-state index contributed by atoms with van der Waals surface area (Å²) in [4.78, 5) is 46.8. The SMILES string of the molecule is COC(=O)c1cc([N+](=O)[O-])cn(CC(=O)NC2(C#N)CCCCCC2)c1=O. The van der Waals surface area contributed by atoms with Crippen molar-refractivity contribution in [1.29, 1.82) is 5.26 Å². The number of esters is 1. The van der Waals surface area contributed by atoms with Gasteiger partial charge in [0.05, 0.1) is 24.3 Å². The number of nitriles is 1. The number of amides is 1. The number of pyridine rings is 1. The maximum Gasteiger partial charge on any atom is 0.343 e. The van der Waals surface area contributed by atoms with Gasteiger partial charge in [0, 0.05) is 6.07 Å². The lowest BCUT2D eigenvalue weighted by Crippen LogP contribution is -2.49. The normalized spacial score (nSPS) is 15.9. The van der Waals surface area contributed by atoms with Crippen LogP contribution in [0.4, 0.5) is 5.69 Å². The average Bonchev–Trinajstić information content (AvgIpc) is 2.88. The van der Waals surface area contributed by atoms with Crippen LogP contribution < -0.4 is 10.9 Å². The molecule has 1 heterocycles. The van der Waals surface area contributed by atoms with Crippen molar-refractivity contribution in [1.82, 2.24) is 9.88 Å². The Bertz CT molecular complexity index is 846. The van der Waals surface area contributed by atoms with Crippen molar-refractivity contribution in [2.45, 2.75) is 50.6 Å². The highest BCUT2D eigenvalue weighted by atomic mass is 16.6. The molecule has 1 aliphatic carbocycles. The van der Waals surface area contributed by atoms with Gasteiger partial charge in [0.2, 0.25) is 5.91 Å². The van der Waals surface area contributed by atoms with Gasteiger partial charge in [-0.25, -0.2) is 4.79 Å². The molecule has 0 spiro atoms. The molecule has 1 fully saturated rings. The Morgan fingerprint density at radius 1 is 1.37 bits per heavy atom. The van der Waals surface area contributed by atoms with Crippen molar-refractivity contribution in [3.05, 3.63) is 38.3 Å². The summed E-state index contributed by atoms with van der Waals surface area (Å²) in [5, 5.41) is 23.2. The van der Waals surface area contributed by atoms with Crippen LogP contribution in [0.2, 0.25) is 0 Å². The lowest BCUT2D eigenvalue weighted by molar-refractivity contribution is -0.385. The third kappa shape index (κ3) is 4.69. The number of methoxy groups -OCH3 is 1. The minimum absolute atomic E-state index is 0.506. The summed E-state index contributed by atoms with van der Waals surface area (Å²) in [6.45, 7) is -0.548. The molecule has 0 bridgehead atoms. The molecule has 144 valence electrons. The van der Waals surface area contributed by atoms with Gasteiger partial charge < -0.3 is 10.1 Å². The Labute approximate surface area is 154 Å². The molecule has 1 saturated carbocycles. The van der Waals surface area contributed by atoms with Crippen LogP contribution in [0.25, 0.3) is 0 Å². The fourth-order valence-electron chi connectivity index (χ4n) is 3.15. The first-order valence-corrected chi connectivity index (χ1v) is 8.51. The summed E-state index contributed by atoms with van der Waals surface area (Å²) in [6, 6.07) is 2.97. The van der Waals surface area contributed by atoms with Gasteiger partial charge in [0.1, 0.15) is 17.6 Å². The van der Waals surface area contributed by atoms with E-state index in [4.69, 9.17) is 0 Å². The van der Waals surface area contributed by atoms with Crippen molar-refractivity contribution in [2.75, 3.05) is 7.11 Å². The van der Waals surface area contributed by atoms with E-state index < -0.39 is 45.7 Å². The fourth-order valence-corrected chi connectivity index (χ4v) is 3.15. The maximum atomic E-state index is 12.4. The number of nitrogens with zero attached hydrogens (tertiary/aromatic N) is 3. The second-order valence-electron chi connectivity index (χ2n) is 6.45. The summed E-state index contributed by atoms with van der Waals surface area (Å²) >= 11 is 0. The zero-order chi connectivity index (χ0) is 20.0. The number of nitro groups is 1. The van der Waals surface area contributed by atoms with Crippen molar-refractivity contribution in [3.63, 3.8) is 0 Å². The fraction of sp³-hybridized carbons (Fsp3) is 0.529. The smallest absolute Gasteiger partial charge is 0.343 e. The number of hydrogen-bond acceptors (Lipinski definition) is 7. The largest absolute Gasteiger partial charge is 0.465 e. The van der Waals surface area contributed by atoms with Crippen LogP contribution in [0.3, 0.4) is 0 Å². The van der Waals surface area contributed by atoms with E-state index in [0.29, 0.717) is 12.8 Å². The monoisotopic (exact) mass is 376 g/mol. The molecule has 27 heavy (non-hydrogen) atoms. The molecule has 10 nitrogen and oxygen atoms in total. The summed E-state index contributed by atoms with van der Waals surface area (Å²) < 4.78 is 5.24. The van der Waals surface area contributed by atoms with Crippen LogP contribution in [0.15, 0.2) is 17.1 Å². The predicted molar refractivity (Wildman–Crippen MR) is 92.9 cm³/mol. The topological polar surface area (TPSA) is 144 Å². The summed E-state index contributed by atoms with van der Waals surface area (Å²) in [7, 11) is 1.04. The van der Waals surface area contributed by atoms with Crippen molar-refractivity contribution in [2.24, 2.45) is 0 Å². The number of hydrogen-bond donors (Lipinski definition) is 1. The van der Waals surface area contributed by atoms with Crippen LogP contribution in [-0.2, 0) is 16.1 Å². The zero-order valence-corrected chi connectivity index (χ0v) is 14.9. The lowest BCUT2D eigenvalue weighted by atomic mass is 9.92. The third-order valence-electron chi connectivity index (χ3n) is 4.55. The number of carbonyl (C=O) groups excluding carboxylic acids is 2. The van der Waals surface area contributed by atoms with Gasteiger partial charge in [-0.1, -0.05) is 25.7 Å². The second kappa shape index (κ2) is 8.44. The van der Waals surface area contributed by atoms with E-state index in [1.165, 1.54) is 0 Å². The number of aromatic nitrogens is 1. The Balaban J connectivity index is 2.30. The summed E-state index contributed by atoms with van der Waals surface area (Å²) in [6.07, 6.45) is 5.46. The van der Waals surface area contributed by atoms with Crippen molar-refractivity contribution >= 4 is 17.6 Å². The van der Waals surface area contributed by atoms with E-state index >= 15 is 0 Å². The van der Waals surface area contributed by atoms with Crippen LogP contribution in [0.5, 0.6) is 0 Å². The first-order chi connectivity index (χ1) is 12.8. The van der Waals surface area contributed by atoms with E-state index in [9.17, 15) is 29.8 Å². The van der Waals surface area contributed by atoms with Gasteiger partial charge in [-0.05, 0) is 12.8 Å². The van der Waals surface area contributed by atoms with E-state index in [-0.39, 0.29) is 0 Å². The highest BCUT2D eigenvalue weighted by Gasteiger charge is 2.32. The molecule has 0 aromatic carbocycles. The van der Waals surface area contributed by atoms with E-state index in [0.717, 1.165) is 49.6 Å². The van der Waals surface area contributed by atoms with E-state index in [2.05, 4.69) is 16.1 Å². The van der Waals surface area contributed by atoms with Gasteiger partial charge in [-0.3, -0.25) is 24.3 Å². The van der Waals surface area contributed by atoms with Crippen LogP contribution >= 0.6 is 0 Å². The molecule has 10 heteroatoms. The minimum Gasteiger partial charge on any atom is -0.465 e. The molecule has 2 rings (SSSR count). The van der Waals surface area contributed by atoms with Crippen molar-refractivity contribution < 1.29 is 19.2 Å². The minimum atomic E-state index is -1.03. The van der Waals surface area contributed by atoms with Gasteiger partial charge in [-0.15, -0.1) is 0 Å². The molecular formula is C17H20N4O6. The van der Waals surface area contributed by atoms with Crippen LogP contribution in [-0.4, -0.2) is 34.0 Å². The Hall–Kier alpha value is -3.22. The van der Waals surface area contributed by atoms with Crippen LogP contribution in [0, 0.1) is 21.4 Å². The lowest BCUT2D eigenvalue weighted by Gasteiger charge is -2.26. The molecule has 0 atom stereocenters. The van der Waals surface area contributed by atoms with Crippen molar-refractivity contribution in [3.8, 4) is 6.07 Å². The van der Waals surface area contributed by atoms with E-state index in [1.54, 1.807) is 0 Å². The molecule has 1 amide bonds. The molecule has 0 aliphatic heterocycles. The molecule has 1 aromatic heterocycles. The number of rotatable bonds is 5. The van der Waals surface area contributed by atoms with E-state index in [1.807, 2.05) is 0 Å². The number of ether oxygens (including phenoxy) is 1. The molecule has 1 aliphatic rings. The zero-order valence-electron chi connectivity index (χ0n) is 14.9. The van der Waals surface area contributed by atoms with Gasteiger partial charge in [0.25, 0.3) is 11.2 Å². The summed E-state index contributed by atoms with van der Waals surface area (Å²) in [5.41, 5.74) is -2.95. The summed E-state index contributed by atoms with van der Waals surface area (Å²) in [5.74, 6) is -1.66. The highest BCUT2D eigenvalue weighted by Crippen LogP contribution is 2.26. The molecule has 1 N–H and O–H groups in total. The van der Waals surface area contributed by atoms with Gasteiger partial charge >= 0.3 is 5.97 Å². The first kappa shape index (κ1) is 20.1. The Morgan fingerprint density at radius 2 is 2.00 bits per heavy atom. The molecule has 1 aromatic rings.